The predicted molar refractivity (Wildman–Crippen MR) is 151 cm³/mol. The zero-order valence-corrected chi connectivity index (χ0v) is 21.7. The third-order valence-electron chi connectivity index (χ3n) is 6.30. The highest BCUT2D eigenvalue weighted by Gasteiger charge is 2.27. The van der Waals surface area contributed by atoms with E-state index in [9.17, 15) is 9.59 Å². The Morgan fingerprint density at radius 3 is 2.34 bits per heavy atom. The summed E-state index contributed by atoms with van der Waals surface area (Å²) in [5.74, 6) is -1.08. The van der Waals surface area contributed by atoms with E-state index in [0.717, 1.165) is 11.1 Å². The quantitative estimate of drug-likeness (QED) is 0.233. The largest absolute Gasteiger partial charge is 0.444 e. The van der Waals surface area contributed by atoms with Crippen molar-refractivity contribution in [3.8, 4) is 11.3 Å². The summed E-state index contributed by atoms with van der Waals surface area (Å²) in [6, 6.07) is 31.1. The molecule has 1 amide bonds. The number of benzene rings is 4. The normalized spacial score (nSPS) is 11.7. The third-order valence-corrected chi connectivity index (χ3v) is 6.63. The van der Waals surface area contributed by atoms with Crippen molar-refractivity contribution in [2.24, 2.45) is 0 Å². The van der Waals surface area contributed by atoms with Gasteiger partial charge in [-0.15, -0.1) is 0 Å². The van der Waals surface area contributed by atoms with E-state index in [1.54, 1.807) is 36.4 Å². The van der Waals surface area contributed by atoms with E-state index in [1.807, 2.05) is 80.6 Å². The van der Waals surface area contributed by atoms with Gasteiger partial charge in [-0.1, -0.05) is 90.5 Å². The minimum atomic E-state index is -1.17. The molecule has 0 saturated carbocycles. The summed E-state index contributed by atoms with van der Waals surface area (Å²) in [5.41, 5.74) is 5.30. The van der Waals surface area contributed by atoms with Crippen LogP contribution in [0.15, 0.2) is 103 Å². The fraction of sp³-hybridized carbons (Fsp3) is 0.0938. The summed E-state index contributed by atoms with van der Waals surface area (Å²) in [6.07, 6.45) is -1.17. The number of amides is 1. The van der Waals surface area contributed by atoms with Gasteiger partial charge in [0.05, 0.1) is 16.8 Å². The van der Waals surface area contributed by atoms with Gasteiger partial charge in [0.1, 0.15) is 0 Å². The van der Waals surface area contributed by atoms with Crippen molar-refractivity contribution in [3.05, 3.63) is 130 Å². The van der Waals surface area contributed by atoms with Crippen LogP contribution >= 0.6 is 11.6 Å². The molecule has 0 aliphatic heterocycles. The number of carbonyl (C=O) groups excluding carboxylic acids is 2. The molecule has 38 heavy (non-hydrogen) atoms. The van der Waals surface area contributed by atoms with Crippen LogP contribution < -0.4 is 5.32 Å². The summed E-state index contributed by atoms with van der Waals surface area (Å²) >= 11 is 6.44. The Morgan fingerprint density at radius 2 is 1.55 bits per heavy atom. The molecule has 5 rings (SSSR count). The van der Waals surface area contributed by atoms with Crippen molar-refractivity contribution in [1.29, 1.82) is 0 Å². The highest BCUT2D eigenvalue weighted by molar-refractivity contribution is 6.33. The Kier molecular flexibility index (Phi) is 7.20. The average Bonchev–Trinajstić information content (AvgIpc) is 2.93. The standard InChI is InChI=1S/C32H25ClN2O3/c1-20-16-17-21(2)28(18-20)35-31(36)30(22-10-4-3-5-11-22)38-32(37)25-19-29(24-13-6-8-14-26(24)33)34-27-15-9-7-12-23(25)27/h3-19,30H,1-2H3,(H,35,36)/t30-/m0/s1. The zero-order chi connectivity index (χ0) is 26.6. The number of nitrogens with zero attached hydrogens (tertiary/aromatic N) is 1. The van der Waals surface area contributed by atoms with Crippen molar-refractivity contribution in [1.82, 2.24) is 4.98 Å². The monoisotopic (exact) mass is 520 g/mol. The van der Waals surface area contributed by atoms with Crippen LogP contribution in [0, 0.1) is 13.8 Å². The highest BCUT2D eigenvalue weighted by Crippen LogP contribution is 2.31. The second-order valence-corrected chi connectivity index (χ2v) is 9.46. The Hall–Kier alpha value is -4.48. The minimum Gasteiger partial charge on any atom is -0.444 e. The maximum absolute atomic E-state index is 13.7. The van der Waals surface area contributed by atoms with Gasteiger partial charge >= 0.3 is 5.97 Å². The Labute approximate surface area is 226 Å². The molecule has 6 heteroatoms. The van der Waals surface area contributed by atoms with E-state index >= 15 is 0 Å². The molecule has 4 aromatic carbocycles. The van der Waals surface area contributed by atoms with Crippen molar-refractivity contribution in [2.75, 3.05) is 5.32 Å². The molecule has 0 spiro atoms. The second-order valence-electron chi connectivity index (χ2n) is 9.06. The SMILES string of the molecule is Cc1ccc(C)c(NC(=O)[C@@H](OC(=O)c2cc(-c3ccccc3Cl)nc3ccccc23)c2ccccc2)c1. The van der Waals surface area contributed by atoms with Gasteiger partial charge in [-0.2, -0.15) is 0 Å². The van der Waals surface area contributed by atoms with Crippen LogP contribution in [0.2, 0.25) is 5.02 Å². The Bertz CT molecular complexity index is 1650. The van der Waals surface area contributed by atoms with Crippen LogP contribution in [-0.4, -0.2) is 16.9 Å². The van der Waals surface area contributed by atoms with E-state index < -0.39 is 18.0 Å². The zero-order valence-electron chi connectivity index (χ0n) is 20.9. The molecule has 0 aliphatic rings. The van der Waals surface area contributed by atoms with E-state index in [1.165, 1.54) is 0 Å². The average molecular weight is 521 g/mol. The molecule has 188 valence electrons. The molecule has 1 heterocycles. The number of esters is 1. The van der Waals surface area contributed by atoms with E-state index in [4.69, 9.17) is 21.3 Å². The Balaban J connectivity index is 1.54. The van der Waals surface area contributed by atoms with Gasteiger partial charge in [-0.3, -0.25) is 4.79 Å². The first kappa shape index (κ1) is 25.2. The fourth-order valence-corrected chi connectivity index (χ4v) is 4.52. The molecule has 1 N–H and O–H groups in total. The van der Waals surface area contributed by atoms with Gasteiger partial charge in [0.2, 0.25) is 6.10 Å². The number of anilines is 1. The Morgan fingerprint density at radius 1 is 0.842 bits per heavy atom. The van der Waals surface area contributed by atoms with E-state index in [-0.39, 0.29) is 0 Å². The van der Waals surface area contributed by atoms with Crippen molar-refractivity contribution >= 4 is 40.1 Å². The van der Waals surface area contributed by atoms with Crippen molar-refractivity contribution < 1.29 is 14.3 Å². The minimum absolute atomic E-state index is 0.297. The maximum atomic E-state index is 13.7. The molecule has 0 fully saturated rings. The summed E-state index contributed by atoms with van der Waals surface area (Å²) in [4.78, 5) is 32.0. The van der Waals surface area contributed by atoms with Crippen molar-refractivity contribution in [2.45, 2.75) is 20.0 Å². The molecule has 0 unspecified atom stereocenters. The predicted octanol–water partition coefficient (Wildman–Crippen LogP) is 7.71. The van der Waals surface area contributed by atoms with Crippen LogP contribution in [-0.2, 0) is 9.53 Å². The van der Waals surface area contributed by atoms with Gasteiger partial charge in [0.15, 0.2) is 0 Å². The number of nitrogens with one attached hydrogen (secondary N) is 1. The number of carbonyl (C=O) groups is 2. The number of para-hydroxylation sites is 1. The van der Waals surface area contributed by atoms with Gasteiger partial charge < -0.3 is 10.1 Å². The number of fused-ring (bicyclic) bond motifs is 1. The number of pyridine rings is 1. The number of hydrogen-bond donors (Lipinski definition) is 1. The summed E-state index contributed by atoms with van der Waals surface area (Å²) in [7, 11) is 0. The molecule has 5 nitrogen and oxygen atoms in total. The van der Waals surface area contributed by atoms with Gasteiger partial charge in [0, 0.05) is 27.2 Å². The first-order valence-electron chi connectivity index (χ1n) is 12.2. The molecule has 0 bridgehead atoms. The van der Waals surface area contributed by atoms with Crippen LogP contribution in [0.4, 0.5) is 5.69 Å². The number of aromatic nitrogens is 1. The first-order chi connectivity index (χ1) is 18.4. The van der Waals surface area contributed by atoms with Crippen LogP contribution in [0.3, 0.4) is 0 Å². The first-order valence-corrected chi connectivity index (χ1v) is 12.6. The lowest BCUT2D eigenvalue weighted by Crippen LogP contribution is -2.26. The second kappa shape index (κ2) is 10.9. The van der Waals surface area contributed by atoms with Crippen LogP contribution in [0.25, 0.3) is 22.2 Å². The molecular weight excluding hydrogens is 496 g/mol. The van der Waals surface area contributed by atoms with Gasteiger partial charge in [0.25, 0.3) is 5.91 Å². The van der Waals surface area contributed by atoms with Crippen LogP contribution in [0.5, 0.6) is 0 Å². The topological polar surface area (TPSA) is 68.3 Å². The fourth-order valence-electron chi connectivity index (χ4n) is 4.29. The molecule has 5 aromatic rings. The summed E-state index contributed by atoms with van der Waals surface area (Å²) < 4.78 is 5.94. The number of hydrogen-bond acceptors (Lipinski definition) is 4. The van der Waals surface area contributed by atoms with Gasteiger partial charge in [-0.25, -0.2) is 9.78 Å². The van der Waals surface area contributed by atoms with Gasteiger partial charge in [-0.05, 0) is 49.2 Å². The maximum Gasteiger partial charge on any atom is 0.340 e. The molecule has 1 aromatic heterocycles. The lowest BCUT2D eigenvalue weighted by atomic mass is 10.0. The smallest absolute Gasteiger partial charge is 0.340 e. The molecule has 0 aliphatic carbocycles. The molecule has 0 radical (unpaired) electrons. The van der Waals surface area contributed by atoms with Crippen LogP contribution in [0.1, 0.15) is 33.2 Å². The summed E-state index contributed by atoms with van der Waals surface area (Å²) in [5, 5.41) is 4.08. The number of rotatable bonds is 6. The van der Waals surface area contributed by atoms with E-state index in [2.05, 4.69) is 5.32 Å². The summed E-state index contributed by atoms with van der Waals surface area (Å²) in [6.45, 7) is 3.87. The lowest BCUT2D eigenvalue weighted by Gasteiger charge is -2.20. The number of halogens is 1. The third kappa shape index (κ3) is 5.29. The van der Waals surface area contributed by atoms with E-state index in [0.29, 0.717) is 44.0 Å². The molecule has 0 saturated heterocycles. The molecular formula is C32H25ClN2O3. The number of ether oxygens (including phenoxy) is 1. The lowest BCUT2D eigenvalue weighted by molar-refractivity contribution is -0.125. The van der Waals surface area contributed by atoms with Crippen molar-refractivity contribution in [3.63, 3.8) is 0 Å². The highest BCUT2D eigenvalue weighted by atomic mass is 35.5. The number of aryl methyl sites for hydroxylation is 2. The molecule has 1 atom stereocenters.